The second-order valence-corrected chi connectivity index (χ2v) is 11.1. The number of aryl methyl sites for hydroxylation is 2. The highest BCUT2D eigenvalue weighted by Crippen LogP contribution is 2.41. The Labute approximate surface area is 245 Å². The van der Waals surface area contributed by atoms with Gasteiger partial charge in [0.05, 0.1) is 29.1 Å². The largest absolute Gasteiger partial charge is 0.333 e. The van der Waals surface area contributed by atoms with Gasteiger partial charge in [-0.25, -0.2) is 9.78 Å². The van der Waals surface area contributed by atoms with E-state index in [1.807, 2.05) is 54.2 Å². The predicted octanol–water partition coefficient (Wildman–Crippen LogP) is 7.52. The number of benzene rings is 4. The molecule has 7 aromatic rings. The summed E-state index contributed by atoms with van der Waals surface area (Å²) in [7, 11) is 0. The Bertz CT molecular complexity index is 2060. The van der Waals surface area contributed by atoms with E-state index in [0.717, 1.165) is 44.5 Å². The van der Waals surface area contributed by atoms with Crippen LogP contribution in [0, 0.1) is 13.8 Å². The van der Waals surface area contributed by atoms with Gasteiger partial charge in [0.25, 0.3) is 0 Å². The summed E-state index contributed by atoms with van der Waals surface area (Å²) in [5.74, 6) is 0. The summed E-state index contributed by atoms with van der Waals surface area (Å²) < 4.78 is 5.87. The number of rotatable bonds is 6. The minimum absolute atomic E-state index is 0.0654. The standard InChI is InChI=1S/C37H32N4O/c1-26-13-12-19-32(21-26)37(30-15-6-4-7-16-30,31-17-8-5-9-18-31)39-24-34(38-25-39)28(3)40-27(2)22-33-23-29-14-10-11-20-35(29)41(33)36(40)42/h4-25,28H,1-3H3. The molecule has 7 rings (SSSR count). The maximum atomic E-state index is 14.0. The minimum Gasteiger partial charge on any atom is -0.319 e. The van der Waals surface area contributed by atoms with Gasteiger partial charge in [0, 0.05) is 17.3 Å². The zero-order valence-electron chi connectivity index (χ0n) is 24.0. The molecule has 3 heterocycles. The highest BCUT2D eigenvalue weighted by molar-refractivity contribution is 5.87. The first-order valence-electron chi connectivity index (χ1n) is 14.3. The molecule has 0 fully saturated rings. The smallest absolute Gasteiger partial charge is 0.319 e. The average molecular weight is 549 g/mol. The third-order valence-electron chi connectivity index (χ3n) is 8.50. The summed E-state index contributed by atoms with van der Waals surface area (Å²) >= 11 is 0. The third kappa shape index (κ3) is 3.92. The summed E-state index contributed by atoms with van der Waals surface area (Å²) in [6, 6.07) is 41.7. The normalized spacial score (nSPS) is 12.6. The molecule has 0 N–H and O–H groups in total. The summed E-state index contributed by atoms with van der Waals surface area (Å²) in [5.41, 5.74) is 7.39. The number of hydrogen-bond acceptors (Lipinski definition) is 2. The number of imidazole rings is 1. The predicted molar refractivity (Wildman–Crippen MR) is 169 cm³/mol. The van der Waals surface area contributed by atoms with Crippen LogP contribution in [0.1, 0.15) is 46.6 Å². The van der Waals surface area contributed by atoms with Crippen LogP contribution >= 0.6 is 0 Å². The van der Waals surface area contributed by atoms with Gasteiger partial charge in [-0.15, -0.1) is 0 Å². The molecule has 4 aromatic carbocycles. The molecule has 0 aliphatic heterocycles. The Morgan fingerprint density at radius 3 is 2.05 bits per heavy atom. The van der Waals surface area contributed by atoms with Crippen LogP contribution in [0.5, 0.6) is 0 Å². The molecule has 1 atom stereocenters. The quantitative estimate of drug-likeness (QED) is 0.202. The van der Waals surface area contributed by atoms with Crippen molar-refractivity contribution in [1.29, 1.82) is 0 Å². The van der Waals surface area contributed by atoms with Gasteiger partial charge in [0.2, 0.25) is 0 Å². The van der Waals surface area contributed by atoms with Gasteiger partial charge < -0.3 is 4.57 Å². The summed E-state index contributed by atoms with van der Waals surface area (Å²) in [6.07, 6.45) is 4.02. The SMILES string of the molecule is Cc1cccc(C(c2ccccc2)(c2ccccc2)n2cnc(C(C)n3c(C)cc4cc5ccccc5n4c3=O)c2)c1. The summed E-state index contributed by atoms with van der Waals surface area (Å²) in [5, 5.41) is 1.05. The first kappa shape index (κ1) is 25.8. The maximum absolute atomic E-state index is 14.0. The molecule has 0 bridgehead atoms. The fraction of sp³-hybridized carbons (Fsp3) is 0.135. The fourth-order valence-electron chi connectivity index (χ4n) is 6.55. The molecule has 5 nitrogen and oxygen atoms in total. The monoisotopic (exact) mass is 548 g/mol. The van der Waals surface area contributed by atoms with E-state index in [1.54, 1.807) is 4.40 Å². The van der Waals surface area contributed by atoms with E-state index in [1.165, 1.54) is 5.56 Å². The zero-order chi connectivity index (χ0) is 28.8. The van der Waals surface area contributed by atoms with E-state index < -0.39 is 5.54 Å². The molecule has 0 saturated carbocycles. The molecule has 1 unspecified atom stereocenters. The second-order valence-electron chi connectivity index (χ2n) is 11.1. The van der Waals surface area contributed by atoms with Crippen molar-refractivity contribution < 1.29 is 0 Å². The lowest BCUT2D eigenvalue weighted by molar-refractivity contribution is 0.511. The number of aromatic nitrogens is 4. The van der Waals surface area contributed by atoms with Gasteiger partial charge in [-0.05, 0) is 55.7 Å². The summed E-state index contributed by atoms with van der Waals surface area (Å²) in [4.78, 5) is 19.0. The molecule has 0 radical (unpaired) electrons. The lowest BCUT2D eigenvalue weighted by Crippen LogP contribution is -2.37. The van der Waals surface area contributed by atoms with E-state index in [-0.39, 0.29) is 11.7 Å². The van der Waals surface area contributed by atoms with Crippen LogP contribution in [-0.4, -0.2) is 18.5 Å². The molecule has 0 saturated heterocycles. The van der Waals surface area contributed by atoms with E-state index in [9.17, 15) is 4.79 Å². The van der Waals surface area contributed by atoms with Gasteiger partial charge in [0.1, 0.15) is 5.54 Å². The molecule has 0 amide bonds. The van der Waals surface area contributed by atoms with Crippen molar-refractivity contribution in [2.24, 2.45) is 0 Å². The van der Waals surface area contributed by atoms with Gasteiger partial charge in [-0.1, -0.05) is 109 Å². The van der Waals surface area contributed by atoms with Crippen molar-refractivity contribution in [2.75, 3.05) is 0 Å². The van der Waals surface area contributed by atoms with Crippen molar-refractivity contribution in [3.05, 3.63) is 178 Å². The van der Waals surface area contributed by atoms with E-state index in [4.69, 9.17) is 4.98 Å². The molecule has 0 aliphatic rings. The maximum Gasteiger partial charge on any atom is 0.333 e. The lowest BCUT2D eigenvalue weighted by Gasteiger charge is -2.37. The Balaban J connectivity index is 1.45. The fourth-order valence-corrected chi connectivity index (χ4v) is 6.55. The van der Waals surface area contributed by atoms with Gasteiger partial charge >= 0.3 is 5.69 Å². The van der Waals surface area contributed by atoms with Crippen LogP contribution in [0.2, 0.25) is 0 Å². The van der Waals surface area contributed by atoms with Crippen LogP contribution < -0.4 is 5.69 Å². The number of fused-ring (bicyclic) bond motifs is 3. The minimum atomic E-state index is -0.667. The van der Waals surface area contributed by atoms with Crippen molar-refractivity contribution >= 4 is 16.4 Å². The lowest BCUT2D eigenvalue weighted by atomic mass is 9.76. The Morgan fingerprint density at radius 1 is 0.714 bits per heavy atom. The summed E-state index contributed by atoms with van der Waals surface area (Å²) in [6.45, 7) is 6.18. The molecule has 0 aliphatic carbocycles. The second kappa shape index (κ2) is 10.0. The Kier molecular flexibility index (Phi) is 6.16. The van der Waals surface area contributed by atoms with E-state index >= 15 is 0 Å². The first-order valence-corrected chi connectivity index (χ1v) is 14.3. The van der Waals surface area contributed by atoms with Gasteiger partial charge in [-0.2, -0.15) is 0 Å². The average Bonchev–Trinajstić information content (AvgIpc) is 3.64. The number of hydrogen-bond donors (Lipinski definition) is 0. The Hall–Kier alpha value is -5.16. The first-order chi connectivity index (χ1) is 20.5. The van der Waals surface area contributed by atoms with E-state index in [0.29, 0.717) is 0 Å². The highest BCUT2D eigenvalue weighted by atomic mass is 16.1. The topological polar surface area (TPSA) is 44.2 Å². The molecule has 3 aromatic heterocycles. The van der Waals surface area contributed by atoms with E-state index in [2.05, 4.69) is 110 Å². The van der Waals surface area contributed by atoms with Crippen LogP contribution in [0.3, 0.4) is 0 Å². The number of nitrogens with zero attached hydrogens (tertiary/aromatic N) is 4. The van der Waals surface area contributed by atoms with Crippen LogP contribution in [-0.2, 0) is 5.54 Å². The van der Waals surface area contributed by atoms with Crippen LogP contribution in [0.25, 0.3) is 16.4 Å². The molecule has 206 valence electrons. The number of para-hydroxylation sites is 1. The molecular formula is C37H32N4O. The third-order valence-corrected chi connectivity index (χ3v) is 8.50. The molecule has 42 heavy (non-hydrogen) atoms. The van der Waals surface area contributed by atoms with Gasteiger partial charge in [-0.3, -0.25) is 8.97 Å². The van der Waals surface area contributed by atoms with Crippen molar-refractivity contribution in [2.45, 2.75) is 32.4 Å². The zero-order valence-corrected chi connectivity index (χ0v) is 24.0. The Morgan fingerprint density at radius 2 is 1.36 bits per heavy atom. The van der Waals surface area contributed by atoms with Crippen molar-refractivity contribution in [3.63, 3.8) is 0 Å². The van der Waals surface area contributed by atoms with Crippen molar-refractivity contribution in [3.8, 4) is 0 Å². The molecule has 0 spiro atoms. The molecular weight excluding hydrogens is 516 g/mol. The van der Waals surface area contributed by atoms with Crippen molar-refractivity contribution in [1.82, 2.24) is 18.5 Å². The van der Waals surface area contributed by atoms with Crippen LogP contribution in [0.4, 0.5) is 0 Å². The van der Waals surface area contributed by atoms with Gasteiger partial charge in [0.15, 0.2) is 0 Å². The molecule has 5 heteroatoms. The highest BCUT2D eigenvalue weighted by Gasteiger charge is 2.39. The van der Waals surface area contributed by atoms with Crippen LogP contribution in [0.15, 0.2) is 139 Å².